The lowest BCUT2D eigenvalue weighted by Gasteiger charge is -2.10. The van der Waals surface area contributed by atoms with Gasteiger partial charge in [-0.25, -0.2) is 13.1 Å². The van der Waals surface area contributed by atoms with Gasteiger partial charge >= 0.3 is 6.18 Å². The van der Waals surface area contributed by atoms with E-state index < -0.39 is 26.7 Å². The number of alkyl halides is 3. The van der Waals surface area contributed by atoms with Crippen LogP contribution in [0.4, 0.5) is 13.2 Å². The number of methoxy groups -OCH3 is 1. The summed E-state index contributed by atoms with van der Waals surface area (Å²) in [6.07, 6.45) is -4.57. The largest absolute Gasteiger partial charge is 0.416 e. The van der Waals surface area contributed by atoms with Gasteiger partial charge in [0.2, 0.25) is 10.0 Å². The summed E-state index contributed by atoms with van der Waals surface area (Å²) in [7, 11) is -2.56. The minimum atomic E-state index is -4.57. The molecule has 0 saturated carbocycles. The Morgan fingerprint density at radius 1 is 1.33 bits per heavy atom. The molecule has 1 aromatic carbocycles. The minimum absolute atomic E-state index is 0.00488. The van der Waals surface area contributed by atoms with Crippen LogP contribution in [0.3, 0.4) is 0 Å². The van der Waals surface area contributed by atoms with Crippen molar-refractivity contribution >= 4 is 10.0 Å². The second kappa shape index (κ2) is 5.68. The molecule has 18 heavy (non-hydrogen) atoms. The van der Waals surface area contributed by atoms with Crippen LogP contribution in [-0.2, 0) is 20.9 Å². The smallest absolute Gasteiger partial charge is 0.383 e. The highest BCUT2D eigenvalue weighted by Crippen LogP contribution is 2.30. The topological polar surface area (TPSA) is 55.4 Å². The lowest BCUT2D eigenvalue weighted by molar-refractivity contribution is -0.137. The van der Waals surface area contributed by atoms with E-state index in [-0.39, 0.29) is 13.2 Å². The predicted octanol–water partition coefficient (Wildman–Crippen LogP) is 1.63. The van der Waals surface area contributed by atoms with Crippen molar-refractivity contribution in [1.29, 1.82) is 0 Å². The quantitative estimate of drug-likeness (QED) is 0.836. The highest BCUT2D eigenvalue weighted by molar-refractivity contribution is 7.89. The molecular formula is C10H12F3NO3S. The minimum Gasteiger partial charge on any atom is -0.383 e. The Morgan fingerprint density at radius 3 is 2.56 bits per heavy atom. The number of nitrogens with one attached hydrogen (secondary N) is 1. The molecule has 8 heteroatoms. The molecule has 0 fully saturated rings. The van der Waals surface area contributed by atoms with Crippen LogP contribution < -0.4 is 4.72 Å². The second-order valence-electron chi connectivity index (χ2n) is 3.42. The van der Waals surface area contributed by atoms with Gasteiger partial charge in [-0.1, -0.05) is 6.07 Å². The highest BCUT2D eigenvalue weighted by Gasteiger charge is 2.31. The van der Waals surface area contributed by atoms with Gasteiger partial charge in [0, 0.05) is 13.7 Å². The van der Waals surface area contributed by atoms with Gasteiger partial charge in [0.25, 0.3) is 0 Å². The van der Waals surface area contributed by atoms with Crippen LogP contribution in [0.5, 0.6) is 0 Å². The molecule has 0 radical (unpaired) electrons. The van der Waals surface area contributed by atoms with Crippen LogP contribution >= 0.6 is 0 Å². The molecule has 0 spiro atoms. The molecule has 0 aromatic heterocycles. The summed E-state index contributed by atoms with van der Waals surface area (Å²) < 4.78 is 67.4. The molecule has 0 aliphatic heterocycles. The molecule has 4 nitrogen and oxygen atoms in total. The molecule has 102 valence electrons. The fraction of sp³-hybridized carbons (Fsp3) is 0.400. The average Bonchev–Trinajstić information content (AvgIpc) is 2.28. The van der Waals surface area contributed by atoms with Gasteiger partial charge in [0.15, 0.2) is 0 Å². The van der Waals surface area contributed by atoms with Gasteiger partial charge in [-0.15, -0.1) is 0 Å². The van der Waals surface area contributed by atoms with Gasteiger partial charge in [-0.2, -0.15) is 13.2 Å². The summed E-state index contributed by atoms with van der Waals surface area (Å²) >= 11 is 0. The molecule has 0 aliphatic rings. The molecule has 0 heterocycles. The van der Waals surface area contributed by atoms with Crippen molar-refractivity contribution in [2.45, 2.75) is 11.1 Å². The van der Waals surface area contributed by atoms with Crippen molar-refractivity contribution in [1.82, 2.24) is 4.72 Å². The monoisotopic (exact) mass is 283 g/mol. The number of hydrogen-bond acceptors (Lipinski definition) is 3. The van der Waals surface area contributed by atoms with Crippen LogP contribution in [0.15, 0.2) is 29.2 Å². The van der Waals surface area contributed by atoms with Gasteiger partial charge in [-0.05, 0) is 18.2 Å². The number of sulfonamides is 1. The maximum Gasteiger partial charge on any atom is 0.416 e. The number of ether oxygens (including phenoxy) is 1. The Kier molecular flexibility index (Phi) is 4.71. The Hall–Kier alpha value is -1.12. The average molecular weight is 283 g/mol. The standard InChI is InChI=1S/C10H12F3NO3S/c1-17-6-5-14-18(15,16)9-4-2-3-8(7-9)10(11,12)13/h2-4,7,14H,5-6H2,1H3. The molecule has 0 bridgehead atoms. The lowest BCUT2D eigenvalue weighted by Crippen LogP contribution is -2.27. The first-order chi connectivity index (χ1) is 8.27. The summed E-state index contributed by atoms with van der Waals surface area (Å²) in [5.74, 6) is 0. The molecule has 0 atom stereocenters. The Morgan fingerprint density at radius 2 is 2.00 bits per heavy atom. The molecule has 1 rings (SSSR count). The van der Waals surface area contributed by atoms with E-state index >= 15 is 0 Å². The summed E-state index contributed by atoms with van der Waals surface area (Å²) in [5, 5.41) is 0. The zero-order valence-electron chi connectivity index (χ0n) is 9.49. The van der Waals surface area contributed by atoms with E-state index in [0.717, 1.165) is 18.2 Å². The van der Waals surface area contributed by atoms with Crippen LogP contribution in [0.2, 0.25) is 0 Å². The third-order valence-electron chi connectivity index (χ3n) is 2.07. The van der Waals surface area contributed by atoms with E-state index in [9.17, 15) is 21.6 Å². The number of hydrogen-bond donors (Lipinski definition) is 1. The molecule has 1 N–H and O–H groups in total. The molecule has 0 aliphatic carbocycles. The third kappa shape index (κ3) is 3.97. The van der Waals surface area contributed by atoms with Crippen molar-refractivity contribution in [2.75, 3.05) is 20.3 Å². The fourth-order valence-corrected chi connectivity index (χ4v) is 2.26. The van der Waals surface area contributed by atoms with Crippen LogP contribution in [0.1, 0.15) is 5.56 Å². The van der Waals surface area contributed by atoms with E-state index in [1.807, 2.05) is 0 Å². The predicted molar refractivity (Wildman–Crippen MR) is 58.5 cm³/mol. The fourth-order valence-electron chi connectivity index (χ4n) is 1.20. The Labute approximate surface area is 103 Å². The molecule has 1 aromatic rings. The zero-order chi connectivity index (χ0) is 13.8. The van der Waals surface area contributed by atoms with E-state index in [2.05, 4.69) is 9.46 Å². The van der Waals surface area contributed by atoms with E-state index in [0.29, 0.717) is 6.07 Å². The van der Waals surface area contributed by atoms with Crippen LogP contribution in [0, 0.1) is 0 Å². The first-order valence-corrected chi connectivity index (χ1v) is 6.41. The van der Waals surface area contributed by atoms with E-state index in [4.69, 9.17) is 0 Å². The number of benzene rings is 1. The van der Waals surface area contributed by atoms with Crippen LogP contribution in [-0.4, -0.2) is 28.7 Å². The maximum absolute atomic E-state index is 12.4. The second-order valence-corrected chi connectivity index (χ2v) is 5.18. The third-order valence-corrected chi connectivity index (χ3v) is 3.53. The number of rotatable bonds is 5. The van der Waals surface area contributed by atoms with Crippen molar-refractivity contribution in [2.24, 2.45) is 0 Å². The van der Waals surface area contributed by atoms with Crippen molar-refractivity contribution in [3.63, 3.8) is 0 Å². The summed E-state index contributed by atoms with van der Waals surface area (Å²) in [4.78, 5) is -0.423. The first kappa shape index (κ1) is 14.9. The van der Waals surface area contributed by atoms with Gasteiger partial charge in [-0.3, -0.25) is 0 Å². The van der Waals surface area contributed by atoms with Gasteiger partial charge in [0.1, 0.15) is 0 Å². The summed E-state index contributed by atoms with van der Waals surface area (Å²) in [6, 6.07) is 3.56. The Bertz CT molecular complexity index is 499. The lowest BCUT2D eigenvalue weighted by atomic mass is 10.2. The van der Waals surface area contributed by atoms with E-state index in [1.54, 1.807) is 0 Å². The van der Waals surface area contributed by atoms with Crippen LogP contribution in [0.25, 0.3) is 0 Å². The molecule has 0 unspecified atom stereocenters. The van der Waals surface area contributed by atoms with Gasteiger partial charge < -0.3 is 4.74 Å². The Balaban J connectivity index is 2.96. The molecule has 0 saturated heterocycles. The molecule has 0 amide bonds. The summed E-state index contributed by atoms with van der Waals surface area (Å²) in [5.41, 5.74) is -1.00. The molecular weight excluding hydrogens is 271 g/mol. The van der Waals surface area contributed by atoms with Gasteiger partial charge in [0.05, 0.1) is 17.1 Å². The zero-order valence-corrected chi connectivity index (χ0v) is 10.3. The first-order valence-electron chi connectivity index (χ1n) is 4.93. The SMILES string of the molecule is COCCNS(=O)(=O)c1cccc(C(F)(F)F)c1. The summed E-state index contributed by atoms with van der Waals surface area (Å²) in [6.45, 7) is 0.132. The normalized spacial score (nSPS) is 12.7. The van der Waals surface area contributed by atoms with E-state index in [1.165, 1.54) is 7.11 Å². The van der Waals surface area contributed by atoms with Crippen molar-refractivity contribution < 1.29 is 26.3 Å². The van der Waals surface area contributed by atoms with Crippen molar-refractivity contribution in [3.8, 4) is 0 Å². The maximum atomic E-state index is 12.4. The van der Waals surface area contributed by atoms with Crippen molar-refractivity contribution in [3.05, 3.63) is 29.8 Å². The number of halogens is 3. The highest BCUT2D eigenvalue weighted by atomic mass is 32.2.